The van der Waals surface area contributed by atoms with E-state index in [1.54, 1.807) is 0 Å². The van der Waals surface area contributed by atoms with Gasteiger partial charge in [0.15, 0.2) is 11.5 Å². The fourth-order valence-electron chi connectivity index (χ4n) is 2.74. The van der Waals surface area contributed by atoms with Gasteiger partial charge in [0.05, 0.1) is 17.2 Å². The SMILES string of the molecule is O=C(NCC1(C(=O)O)CCOCC1)c1cn(-c2ccc(C(F)(F)F)cn2)nn1. The van der Waals surface area contributed by atoms with E-state index >= 15 is 0 Å². The van der Waals surface area contributed by atoms with Crippen LogP contribution in [0.25, 0.3) is 5.82 Å². The zero-order valence-corrected chi connectivity index (χ0v) is 14.4. The highest BCUT2D eigenvalue weighted by molar-refractivity contribution is 5.92. The van der Waals surface area contributed by atoms with Crippen LogP contribution >= 0.6 is 0 Å². The number of carboxylic acid groups (broad SMARTS) is 1. The van der Waals surface area contributed by atoms with Crippen LogP contribution in [-0.2, 0) is 15.7 Å². The lowest BCUT2D eigenvalue weighted by Crippen LogP contribution is -2.46. The number of halogens is 3. The molecule has 0 atom stereocenters. The van der Waals surface area contributed by atoms with Crippen LogP contribution in [0, 0.1) is 5.41 Å². The summed E-state index contributed by atoms with van der Waals surface area (Å²) in [5.74, 6) is -1.62. The van der Waals surface area contributed by atoms with Gasteiger partial charge in [-0.25, -0.2) is 9.67 Å². The summed E-state index contributed by atoms with van der Waals surface area (Å²) in [5.41, 5.74) is -2.14. The summed E-state index contributed by atoms with van der Waals surface area (Å²) < 4.78 is 44.0. The minimum atomic E-state index is -4.51. The van der Waals surface area contributed by atoms with Gasteiger partial charge >= 0.3 is 12.1 Å². The Morgan fingerprint density at radius 3 is 2.57 bits per heavy atom. The topological polar surface area (TPSA) is 119 Å². The van der Waals surface area contributed by atoms with Crippen LogP contribution in [0.3, 0.4) is 0 Å². The number of alkyl halides is 3. The van der Waals surface area contributed by atoms with Crippen molar-refractivity contribution in [2.24, 2.45) is 5.41 Å². The molecule has 3 rings (SSSR count). The first kappa shape index (κ1) is 19.7. The average molecular weight is 399 g/mol. The van der Waals surface area contributed by atoms with Crippen LogP contribution in [0.1, 0.15) is 28.9 Å². The first-order valence-electron chi connectivity index (χ1n) is 8.27. The van der Waals surface area contributed by atoms with Crippen LogP contribution in [0.15, 0.2) is 24.5 Å². The number of carbonyl (C=O) groups excluding carboxylic acids is 1. The lowest BCUT2D eigenvalue weighted by Gasteiger charge is -2.32. The average Bonchev–Trinajstić information content (AvgIpc) is 3.16. The number of rotatable bonds is 5. The van der Waals surface area contributed by atoms with Gasteiger partial charge in [-0.05, 0) is 25.0 Å². The Morgan fingerprint density at radius 1 is 1.29 bits per heavy atom. The molecule has 2 aromatic rings. The van der Waals surface area contributed by atoms with Crippen molar-refractivity contribution in [3.05, 3.63) is 35.8 Å². The fraction of sp³-hybridized carbons (Fsp3) is 0.438. The zero-order valence-electron chi connectivity index (χ0n) is 14.4. The molecule has 0 spiro atoms. The van der Waals surface area contributed by atoms with Crippen molar-refractivity contribution < 1.29 is 32.6 Å². The van der Waals surface area contributed by atoms with Gasteiger partial charge in [0, 0.05) is 26.0 Å². The molecule has 2 aromatic heterocycles. The molecule has 12 heteroatoms. The second-order valence-corrected chi connectivity index (χ2v) is 6.33. The van der Waals surface area contributed by atoms with Gasteiger partial charge in [0.2, 0.25) is 0 Å². The number of aliphatic carboxylic acids is 1. The summed E-state index contributed by atoms with van der Waals surface area (Å²) in [6.07, 6.45) is -2.13. The minimum absolute atomic E-state index is 0.0472. The molecule has 1 fully saturated rings. The summed E-state index contributed by atoms with van der Waals surface area (Å²) in [7, 11) is 0. The van der Waals surface area contributed by atoms with E-state index in [0.717, 1.165) is 16.8 Å². The van der Waals surface area contributed by atoms with Crippen LogP contribution < -0.4 is 5.32 Å². The standard InChI is InChI=1S/C16H16F3N5O4/c17-16(18,19)10-1-2-12(20-7-10)24-8-11(22-23-24)13(25)21-9-15(14(26)27)3-5-28-6-4-15/h1-2,7-8H,3-6,9H2,(H,21,25)(H,26,27). The smallest absolute Gasteiger partial charge is 0.417 e. The number of amides is 1. The Kier molecular flexibility index (Phi) is 5.31. The second-order valence-electron chi connectivity index (χ2n) is 6.33. The van der Waals surface area contributed by atoms with Gasteiger partial charge in [-0.1, -0.05) is 5.21 Å². The zero-order chi connectivity index (χ0) is 20.4. The van der Waals surface area contributed by atoms with E-state index < -0.39 is 29.0 Å². The number of nitrogens with one attached hydrogen (secondary N) is 1. The first-order chi connectivity index (χ1) is 13.2. The minimum Gasteiger partial charge on any atom is -0.481 e. The molecule has 0 saturated carbocycles. The van der Waals surface area contributed by atoms with E-state index in [0.29, 0.717) is 6.20 Å². The maximum absolute atomic E-state index is 12.6. The van der Waals surface area contributed by atoms with E-state index in [9.17, 15) is 27.9 Å². The largest absolute Gasteiger partial charge is 0.481 e. The highest BCUT2D eigenvalue weighted by Gasteiger charge is 2.40. The summed E-state index contributed by atoms with van der Waals surface area (Å²) in [6, 6.07) is 1.94. The summed E-state index contributed by atoms with van der Waals surface area (Å²) in [4.78, 5) is 27.5. The molecule has 150 valence electrons. The molecule has 1 amide bonds. The van der Waals surface area contributed by atoms with Gasteiger partial charge in [-0.15, -0.1) is 5.10 Å². The number of carbonyl (C=O) groups is 2. The maximum Gasteiger partial charge on any atom is 0.417 e. The molecule has 0 aliphatic carbocycles. The van der Waals surface area contributed by atoms with E-state index in [4.69, 9.17) is 4.74 Å². The Bertz CT molecular complexity index is 860. The van der Waals surface area contributed by atoms with Crippen molar-refractivity contribution in [1.82, 2.24) is 25.3 Å². The normalized spacial score (nSPS) is 16.5. The number of nitrogens with zero attached hydrogens (tertiary/aromatic N) is 4. The van der Waals surface area contributed by atoms with E-state index in [2.05, 4.69) is 20.6 Å². The molecular weight excluding hydrogens is 383 g/mol. The molecule has 0 aromatic carbocycles. The van der Waals surface area contributed by atoms with Gasteiger partial charge in [-0.3, -0.25) is 9.59 Å². The van der Waals surface area contributed by atoms with Crippen LogP contribution in [0.2, 0.25) is 0 Å². The van der Waals surface area contributed by atoms with Crippen molar-refractivity contribution in [3.63, 3.8) is 0 Å². The van der Waals surface area contributed by atoms with Crippen molar-refractivity contribution in [3.8, 4) is 5.82 Å². The molecule has 1 aliphatic heterocycles. The molecule has 0 bridgehead atoms. The first-order valence-corrected chi connectivity index (χ1v) is 8.27. The van der Waals surface area contributed by atoms with Gasteiger partial charge in [0.1, 0.15) is 0 Å². The number of hydrogen-bond acceptors (Lipinski definition) is 6. The lowest BCUT2D eigenvalue weighted by molar-refractivity contribution is -0.154. The molecule has 0 radical (unpaired) electrons. The van der Waals surface area contributed by atoms with Crippen molar-refractivity contribution in [2.75, 3.05) is 19.8 Å². The van der Waals surface area contributed by atoms with Crippen LogP contribution in [-0.4, -0.2) is 56.7 Å². The molecule has 1 saturated heterocycles. The third-order valence-corrected chi connectivity index (χ3v) is 4.53. The highest BCUT2D eigenvalue weighted by Crippen LogP contribution is 2.30. The maximum atomic E-state index is 12.6. The Hall–Kier alpha value is -3.02. The van der Waals surface area contributed by atoms with E-state index in [-0.39, 0.29) is 44.1 Å². The Morgan fingerprint density at radius 2 is 2.00 bits per heavy atom. The third-order valence-electron chi connectivity index (χ3n) is 4.53. The van der Waals surface area contributed by atoms with Crippen LogP contribution in [0.5, 0.6) is 0 Å². The lowest BCUT2D eigenvalue weighted by atomic mass is 9.80. The van der Waals surface area contributed by atoms with Gasteiger partial charge in [-0.2, -0.15) is 13.2 Å². The quantitative estimate of drug-likeness (QED) is 0.778. The molecule has 1 aliphatic rings. The monoisotopic (exact) mass is 399 g/mol. The number of ether oxygens (including phenoxy) is 1. The molecule has 28 heavy (non-hydrogen) atoms. The summed E-state index contributed by atoms with van der Waals surface area (Å²) in [5, 5.41) is 19.3. The molecule has 9 nitrogen and oxygen atoms in total. The molecule has 2 N–H and O–H groups in total. The predicted octanol–water partition coefficient (Wildman–Crippen LogP) is 1.29. The van der Waals surface area contributed by atoms with E-state index in [1.165, 1.54) is 6.20 Å². The number of carboxylic acids is 1. The summed E-state index contributed by atoms with van der Waals surface area (Å²) in [6.45, 7) is 0.478. The highest BCUT2D eigenvalue weighted by atomic mass is 19.4. The number of aromatic nitrogens is 4. The molecule has 0 unspecified atom stereocenters. The van der Waals surface area contributed by atoms with Crippen molar-refractivity contribution in [2.45, 2.75) is 19.0 Å². The Labute approximate surface area is 156 Å². The number of pyridine rings is 1. The van der Waals surface area contributed by atoms with Crippen molar-refractivity contribution >= 4 is 11.9 Å². The molecule has 3 heterocycles. The van der Waals surface area contributed by atoms with Gasteiger partial charge < -0.3 is 15.2 Å². The Balaban J connectivity index is 1.68. The molecular formula is C16H16F3N5O4. The van der Waals surface area contributed by atoms with Gasteiger partial charge in [0.25, 0.3) is 5.91 Å². The number of hydrogen-bond donors (Lipinski definition) is 2. The van der Waals surface area contributed by atoms with Crippen molar-refractivity contribution in [1.29, 1.82) is 0 Å². The van der Waals surface area contributed by atoms with E-state index in [1.807, 2.05) is 0 Å². The van der Waals surface area contributed by atoms with Crippen LogP contribution in [0.4, 0.5) is 13.2 Å². The summed E-state index contributed by atoms with van der Waals surface area (Å²) >= 11 is 0. The second kappa shape index (κ2) is 7.54. The predicted molar refractivity (Wildman–Crippen MR) is 86.6 cm³/mol. The fourth-order valence-corrected chi connectivity index (χ4v) is 2.74. The third kappa shape index (κ3) is 4.11.